The molecule has 156 valence electrons. The number of nitrogens with zero attached hydrogens (tertiary/aromatic N) is 1. The number of ether oxygens (including phenoxy) is 2. The summed E-state index contributed by atoms with van der Waals surface area (Å²) in [6, 6.07) is 13.5. The van der Waals surface area contributed by atoms with Crippen molar-refractivity contribution in [2.24, 2.45) is 0 Å². The maximum absolute atomic E-state index is 13.0. The van der Waals surface area contributed by atoms with E-state index in [1.807, 2.05) is 0 Å². The van der Waals surface area contributed by atoms with E-state index in [0.717, 1.165) is 0 Å². The minimum Gasteiger partial charge on any atom is -0.508 e. The smallest absolute Gasteiger partial charge is 0.296 e. The number of phenolic OH excluding ortho intramolecular Hbond substituents is 1. The molecule has 0 saturated carbocycles. The lowest BCUT2D eigenvalue weighted by Gasteiger charge is -2.24. The van der Waals surface area contributed by atoms with Crippen molar-refractivity contribution in [1.82, 2.24) is 4.90 Å². The first-order chi connectivity index (χ1) is 15.0. The number of fused-ring (bicyclic) bond motifs is 1. The number of aliphatic hydroxyl groups excluding tert-OH is 1. The number of benzene rings is 2. The second kappa shape index (κ2) is 7.24. The minimum atomic E-state index is -0.914. The Morgan fingerprint density at radius 2 is 1.87 bits per heavy atom. The Morgan fingerprint density at radius 3 is 2.65 bits per heavy atom. The number of aliphatic hydroxyl groups is 1. The Kier molecular flexibility index (Phi) is 4.39. The van der Waals surface area contributed by atoms with Gasteiger partial charge in [-0.15, -0.1) is 0 Å². The number of rotatable bonds is 4. The molecule has 8 nitrogen and oxygen atoms in total. The highest BCUT2D eigenvalue weighted by Gasteiger charge is 2.46. The molecule has 31 heavy (non-hydrogen) atoms. The van der Waals surface area contributed by atoms with Crippen molar-refractivity contribution < 1.29 is 33.7 Å². The Balaban J connectivity index is 1.65. The summed E-state index contributed by atoms with van der Waals surface area (Å²) in [4.78, 5) is 27.2. The topological polar surface area (TPSA) is 109 Å². The molecule has 0 spiro atoms. The summed E-state index contributed by atoms with van der Waals surface area (Å²) >= 11 is 0. The molecule has 2 N–H and O–H groups in total. The van der Waals surface area contributed by atoms with Gasteiger partial charge in [0.25, 0.3) is 11.7 Å². The van der Waals surface area contributed by atoms with Crippen molar-refractivity contribution >= 4 is 17.4 Å². The lowest BCUT2D eigenvalue weighted by molar-refractivity contribution is -0.140. The van der Waals surface area contributed by atoms with E-state index in [2.05, 4.69) is 0 Å². The van der Waals surface area contributed by atoms with Gasteiger partial charge in [-0.05, 0) is 48.0 Å². The van der Waals surface area contributed by atoms with Crippen molar-refractivity contribution in [3.8, 4) is 17.2 Å². The molecule has 5 rings (SSSR count). The summed E-state index contributed by atoms with van der Waals surface area (Å²) in [7, 11) is 0. The largest absolute Gasteiger partial charge is 0.508 e. The monoisotopic (exact) mass is 419 g/mol. The summed E-state index contributed by atoms with van der Waals surface area (Å²) in [6.45, 7) is 0.0895. The van der Waals surface area contributed by atoms with Crippen molar-refractivity contribution in [3.63, 3.8) is 0 Å². The second-order valence-electron chi connectivity index (χ2n) is 7.17. The summed E-state index contributed by atoms with van der Waals surface area (Å²) in [5.74, 6) is -0.518. The third-order valence-corrected chi connectivity index (χ3v) is 5.28. The van der Waals surface area contributed by atoms with Gasteiger partial charge in [-0.1, -0.05) is 12.1 Å². The van der Waals surface area contributed by atoms with Crippen LogP contribution in [-0.4, -0.2) is 33.6 Å². The van der Waals surface area contributed by atoms with Crippen LogP contribution in [0.2, 0.25) is 0 Å². The fourth-order valence-electron chi connectivity index (χ4n) is 3.85. The first-order valence-electron chi connectivity index (χ1n) is 9.52. The normalized spacial score (nSPS) is 19.2. The van der Waals surface area contributed by atoms with Gasteiger partial charge in [0.05, 0.1) is 24.4 Å². The molecular weight excluding hydrogens is 402 g/mol. The maximum Gasteiger partial charge on any atom is 0.296 e. The molecule has 1 saturated heterocycles. The van der Waals surface area contributed by atoms with Crippen LogP contribution in [0.1, 0.15) is 22.9 Å². The first kappa shape index (κ1) is 18.8. The molecule has 0 radical (unpaired) electrons. The van der Waals surface area contributed by atoms with Gasteiger partial charge in [-0.25, -0.2) is 0 Å². The number of carbonyl (C=O) groups is 2. The molecule has 0 bridgehead atoms. The summed E-state index contributed by atoms with van der Waals surface area (Å²) in [6.07, 6.45) is 1.47. The molecule has 1 fully saturated rings. The molecule has 3 aromatic rings. The van der Waals surface area contributed by atoms with Gasteiger partial charge < -0.3 is 29.0 Å². The molecule has 1 unspecified atom stereocenters. The fraction of sp³-hybridized carbons (Fsp3) is 0.130. The Bertz CT molecular complexity index is 1210. The van der Waals surface area contributed by atoms with Crippen LogP contribution in [0.25, 0.3) is 5.76 Å². The van der Waals surface area contributed by atoms with E-state index < -0.39 is 17.7 Å². The Hall–Kier alpha value is -4.20. The SMILES string of the molecule is O=C1C(=O)N(Cc2ccco2)C(c2cccc(O)c2)/C1=C(/O)c1ccc2c(c1)OCO2. The predicted octanol–water partition coefficient (Wildman–Crippen LogP) is 3.34. The van der Waals surface area contributed by atoms with E-state index in [-0.39, 0.29) is 30.4 Å². The lowest BCUT2D eigenvalue weighted by Crippen LogP contribution is -2.29. The van der Waals surface area contributed by atoms with E-state index in [4.69, 9.17) is 13.9 Å². The van der Waals surface area contributed by atoms with E-state index >= 15 is 0 Å². The average Bonchev–Trinajstić information content (AvgIpc) is 3.50. The predicted molar refractivity (Wildman–Crippen MR) is 107 cm³/mol. The van der Waals surface area contributed by atoms with Gasteiger partial charge in [-0.2, -0.15) is 0 Å². The third kappa shape index (κ3) is 3.18. The van der Waals surface area contributed by atoms with Crippen LogP contribution in [0, 0.1) is 0 Å². The van der Waals surface area contributed by atoms with Crippen LogP contribution in [0.3, 0.4) is 0 Å². The number of hydrogen-bond donors (Lipinski definition) is 2. The third-order valence-electron chi connectivity index (χ3n) is 5.28. The highest BCUT2D eigenvalue weighted by molar-refractivity contribution is 6.46. The number of phenols is 1. The van der Waals surface area contributed by atoms with Crippen LogP contribution >= 0.6 is 0 Å². The van der Waals surface area contributed by atoms with Gasteiger partial charge >= 0.3 is 0 Å². The van der Waals surface area contributed by atoms with Gasteiger partial charge in [0, 0.05) is 5.56 Å². The van der Waals surface area contributed by atoms with Gasteiger partial charge in [0.2, 0.25) is 6.79 Å². The number of ketones is 1. The number of amides is 1. The molecule has 0 aliphatic carbocycles. The van der Waals surface area contributed by atoms with Crippen molar-refractivity contribution in [2.45, 2.75) is 12.6 Å². The zero-order chi connectivity index (χ0) is 21.5. The highest BCUT2D eigenvalue weighted by atomic mass is 16.7. The van der Waals surface area contributed by atoms with Crippen LogP contribution in [0.4, 0.5) is 0 Å². The van der Waals surface area contributed by atoms with Crippen LogP contribution in [0.5, 0.6) is 17.2 Å². The van der Waals surface area contributed by atoms with Crippen molar-refractivity contribution in [1.29, 1.82) is 0 Å². The van der Waals surface area contributed by atoms with E-state index in [1.165, 1.54) is 23.3 Å². The summed E-state index contributed by atoms with van der Waals surface area (Å²) in [5.41, 5.74) is 0.708. The molecule has 2 aromatic carbocycles. The molecule has 1 aromatic heterocycles. The molecule has 2 aliphatic heterocycles. The zero-order valence-electron chi connectivity index (χ0n) is 16.1. The van der Waals surface area contributed by atoms with E-state index in [9.17, 15) is 19.8 Å². The van der Waals surface area contributed by atoms with Crippen LogP contribution in [-0.2, 0) is 16.1 Å². The number of hydrogen-bond acceptors (Lipinski definition) is 7. The highest BCUT2D eigenvalue weighted by Crippen LogP contribution is 2.42. The summed E-state index contributed by atoms with van der Waals surface area (Å²) in [5, 5.41) is 21.1. The number of carbonyl (C=O) groups excluding carboxylic acids is 2. The fourth-order valence-corrected chi connectivity index (χ4v) is 3.85. The standard InChI is InChI=1S/C23H17NO7/c25-15-4-1-3-13(9-15)20-19(21(26)14-6-7-17-18(10-14)31-12-30-17)22(27)23(28)24(20)11-16-5-2-8-29-16/h1-10,20,25-26H,11-12H2/b21-19-. The Labute approximate surface area is 176 Å². The second-order valence-corrected chi connectivity index (χ2v) is 7.17. The quantitative estimate of drug-likeness (QED) is 0.379. The lowest BCUT2D eigenvalue weighted by atomic mass is 9.95. The molecule has 1 amide bonds. The number of aromatic hydroxyl groups is 1. The van der Waals surface area contributed by atoms with Gasteiger partial charge in [0.1, 0.15) is 17.3 Å². The van der Waals surface area contributed by atoms with E-state index in [1.54, 1.807) is 42.5 Å². The number of likely N-dealkylation sites (tertiary alicyclic amines) is 1. The van der Waals surface area contributed by atoms with E-state index in [0.29, 0.717) is 28.4 Å². The van der Waals surface area contributed by atoms with Crippen LogP contribution in [0.15, 0.2) is 70.9 Å². The van der Waals surface area contributed by atoms with Gasteiger partial charge in [-0.3, -0.25) is 9.59 Å². The molecule has 8 heteroatoms. The average molecular weight is 419 g/mol. The number of Topliss-reactive ketones (excluding diaryl/α,β-unsaturated/α-hetero) is 1. The van der Waals surface area contributed by atoms with Crippen LogP contribution < -0.4 is 9.47 Å². The summed E-state index contributed by atoms with van der Waals surface area (Å²) < 4.78 is 16.0. The molecule has 1 atom stereocenters. The van der Waals surface area contributed by atoms with Crippen molar-refractivity contribution in [2.75, 3.05) is 6.79 Å². The zero-order valence-corrected chi connectivity index (χ0v) is 16.1. The van der Waals surface area contributed by atoms with Crippen molar-refractivity contribution in [3.05, 3.63) is 83.3 Å². The maximum atomic E-state index is 13.0. The molecule has 3 heterocycles. The first-order valence-corrected chi connectivity index (χ1v) is 9.52. The molecular formula is C23H17NO7. The number of furan rings is 1. The van der Waals surface area contributed by atoms with Gasteiger partial charge in [0.15, 0.2) is 11.5 Å². The molecule has 2 aliphatic rings. The Morgan fingerprint density at radius 1 is 1.03 bits per heavy atom. The minimum absolute atomic E-state index is 0.0236.